The van der Waals surface area contributed by atoms with Gasteiger partial charge in [-0.15, -0.1) is 0 Å². The first kappa shape index (κ1) is 15.4. The van der Waals surface area contributed by atoms with Gasteiger partial charge in [-0.25, -0.2) is 0 Å². The Morgan fingerprint density at radius 2 is 1.80 bits per heavy atom. The molecule has 2 rings (SSSR count). The van der Waals surface area contributed by atoms with Gasteiger partial charge in [-0.2, -0.15) is 0 Å². The van der Waals surface area contributed by atoms with Gasteiger partial charge in [0.1, 0.15) is 0 Å². The molecule has 0 spiro atoms. The highest BCUT2D eigenvalue weighted by Gasteiger charge is 2.15. The van der Waals surface area contributed by atoms with Gasteiger partial charge in [0, 0.05) is 25.3 Å². The molecule has 0 radical (unpaired) electrons. The van der Waals surface area contributed by atoms with Crippen LogP contribution in [-0.2, 0) is 0 Å². The number of rotatable bonds is 6. The molecule has 0 saturated heterocycles. The lowest BCUT2D eigenvalue weighted by atomic mass is 9.89. The monoisotopic (exact) mass is 274 g/mol. The van der Waals surface area contributed by atoms with E-state index in [1.54, 1.807) is 0 Å². The smallest absolute Gasteiger partial charge is 0.0363 e. The van der Waals surface area contributed by atoms with E-state index < -0.39 is 0 Å². The number of benzene rings is 1. The van der Waals surface area contributed by atoms with E-state index in [9.17, 15) is 0 Å². The van der Waals surface area contributed by atoms with Crippen LogP contribution in [0.2, 0.25) is 0 Å². The van der Waals surface area contributed by atoms with Crippen LogP contribution < -0.4 is 10.2 Å². The third-order valence-electron chi connectivity index (χ3n) is 4.60. The topological polar surface area (TPSA) is 15.3 Å². The maximum Gasteiger partial charge on any atom is 0.0363 e. The lowest BCUT2D eigenvalue weighted by Gasteiger charge is -2.28. The van der Waals surface area contributed by atoms with Gasteiger partial charge in [-0.1, -0.05) is 38.3 Å². The van der Waals surface area contributed by atoms with Crippen molar-refractivity contribution in [3.8, 4) is 0 Å². The van der Waals surface area contributed by atoms with Gasteiger partial charge in [0.2, 0.25) is 0 Å². The van der Waals surface area contributed by atoms with Crippen molar-refractivity contribution in [2.45, 2.75) is 52.0 Å². The molecule has 20 heavy (non-hydrogen) atoms. The average Bonchev–Trinajstić information content (AvgIpc) is 2.48. The van der Waals surface area contributed by atoms with Gasteiger partial charge in [0.15, 0.2) is 0 Å². The fourth-order valence-electron chi connectivity index (χ4n) is 3.30. The summed E-state index contributed by atoms with van der Waals surface area (Å²) in [6, 6.07) is 9.51. The van der Waals surface area contributed by atoms with E-state index in [0.29, 0.717) is 6.04 Å². The minimum absolute atomic E-state index is 0.442. The highest BCUT2D eigenvalue weighted by molar-refractivity contribution is 5.47. The molecular formula is C18H30N2. The molecule has 1 unspecified atom stereocenters. The molecule has 1 N–H and O–H groups in total. The minimum atomic E-state index is 0.442. The molecule has 1 aliphatic rings. The molecule has 0 aromatic heterocycles. The van der Waals surface area contributed by atoms with Crippen molar-refractivity contribution in [2.75, 3.05) is 25.0 Å². The van der Waals surface area contributed by atoms with Gasteiger partial charge in [0.05, 0.1) is 0 Å². The summed E-state index contributed by atoms with van der Waals surface area (Å²) in [5, 5.41) is 3.46. The summed E-state index contributed by atoms with van der Waals surface area (Å²) in [6.45, 7) is 6.61. The molecule has 1 aromatic carbocycles. The Morgan fingerprint density at radius 3 is 2.40 bits per heavy atom. The SMILES string of the molecule is CCNC(C)c1ccc(N(C)CC2CCCCC2)cc1. The van der Waals surface area contributed by atoms with Gasteiger partial charge in [-0.3, -0.25) is 0 Å². The van der Waals surface area contributed by atoms with Crippen molar-refractivity contribution < 1.29 is 0 Å². The van der Waals surface area contributed by atoms with E-state index in [0.717, 1.165) is 12.5 Å². The van der Waals surface area contributed by atoms with Crippen LogP contribution in [0.3, 0.4) is 0 Å². The van der Waals surface area contributed by atoms with Crippen molar-refractivity contribution in [2.24, 2.45) is 5.92 Å². The van der Waals surface area contributed by atoms with E-state index in [1.807, 2.05) is 0 Å². The summed E-state index contributed by atoms with van der Waals surface area (Å²) in [4.78, 5) is 2.43. The minimum Gasteiger partial charge on any atom is -0.374 e. The lowest BCUT2D eigenvalue weighted by Crippen LogP contribution is -2.26. The summed E-state index contributed by atoms with van der Waals surface area (Å²) >= 11 is 0. The fraction of sp³-hybridized carbons (Fsp3) is 0.667. The number of hydrogen-bond acceptors (Lipinski definition) is 2. The van der Waals surface area contributed by atoms with Crippen molar-refractivity contribution >= 4 is 5.69 Å². The maximum atomic E-state index is 3.46. The Labute approximate surface area is 124 Å². The third-order valence-corrected chi connectivity index (χ3v) is 4.60. The maximum absolute atomic E-state index is 3.46. The predicted octanol–water partition coefficient (Wildman–Crippen LogP) is 4.37. The van der Waals surface area contributed by atoms with Crippen LogP contribution in [-0.4, -0.2) is 20.1 Å². The Balaban J connectivity index is 1.91. The first-order valence-corrected chi connectivity index (χ1v) is 8.25. The number of anilines is 1. The van der Waals surface area contributed by atoms with Crippen molar-refractivity contribution in [1.29, 1.82) is 0 Å². The number of nitrogens with one attached hydrogen (secondary N) is 1. The highest BCUT2D eigenvalue weighted by Crippen LogP contribution is 2.26. The first-order valence-electron chi connectivity index (χ1n) is 8.25. The zero-order valence-corrected chi connectivity index (χ0v) is 13.4. The van der Waals surface area contributed by atoms with E-state index >= 15 is 0 Å². The Morgan fingerprint density at radius 1 is 1.15 bits per heavy atom. The molecule has 112 valence electrons. The van der Waals surface area contributed by atoms with Crippen molar-refractivity contribution in [3.63, 3.8) is 0 Å². The van der Waals surface area contributed by atoms with Gasteiger partial charge >= 0.3 is 0 Å². The molecule has 0 heterocycles. The molecule has 0 bridgehead atoms. The van der Waals surface area contributed by atoms with Gasteiger partial charge in [0.25, 0.3) is 0 Å². The summed E-state index contributed by atoms with van der Waals surface area (Å²) in [7, 11) is 2.23. The molecule has 1 aliphatic carbocycles. The summed E-state index contributed by atoms with van der Waals surface area (Å²) in [6.07, 6.45) is 7.13. The first-order chi connectivity index (χ1) is 9.70. The van der Waals surface area contributed by atoms with Gasteiger partial charge < -0.3 is 10.2 Å². The molecule has 2 nitrogen and oxygen atoms in total. The molecule has 1 fully saturated rings. The predicted molar refractivity (Wildman–Crippen MR) is 88.4 cm³/mol. The Kier molecular flexibility index (Phi) is 5.90. The van der Waals surface area contributed by atoms with Crippen LogP contribution >= 0.6 is 0 Å². The second-order valence-corrected chi connectivity index (χ2v) is 6.26. The second kappa shape index (κ2) is 7.68. The molecule has 2 heteroatoms. The summed E-state index contributed by atoms with van der Waals surface area (Å²) in [5.41, 5.74) is 2.73. The molecular weight excluding hydrogens is 244 g/mol. The van der Waals surface area contributed by atoms with Crippen LogP contribution in [0.25, 0.3) is 0 Å². The third kappa shape index (κ3) is 4.24. The zero-order chi connectivity index (χ0) is 14.4. The van der Waals surface area contributed by atoms with E-state index in [1.165, 1.54) is 49.9 Å². The van der Waals surface area contributed by atoms with Crippen LogP contribution in [0.15, 0.2) is 24.3 Å². The quantitative estimate of drug-likeness (QED) is 0.828. The standard InChI is InChI=1S/C18H30N2/c1-4-19-15(2)17-10-12-18(13-11-17)20(3)14-16-8-6-5-7-9-16/h10-13,15-16,19H,4-9,14H2,1-3H3. The van der Waals surface area contributed by atoms with E-state index in [4.69, 9.17) is 0 Å². The number of nitrogens with zero attached hydrogens (tertiary/aromatic N) is 1. The van der Waals surface area contributed by atoms with Crippen LogP contribution in [0.5, 0.6) is 0 Å². The highest BCUT2D eigenvalue weighted by atomic mass is 15.1. The van der Waals surface area contributed by atoms with Crippen LogP contribution in [0.1, 0.15) is 57.6 Å². The molecule has 1 aromatic rings. The normalized spacial score (nSPS) is 17.9. The molecule has 1 saturated carbocycles. The Bertz CT molecular complexity index is 379. The molecule has 0 amide bonds. The lowest BCUT2D eigenvalue weighted by molar-refractivity contribution is 0.362. The second-order valence-electron chi connectivity index (χ2n) is 6.26. The molecule has 0 aliphatic heterocycles. The van der Waals surface area contributed by atoms with E-state index in [2.05, 4.69) is 55.4 Å². The summed E-state index contributed by atoms with van der Waals surface area (Å²) in [5.74, 6) is 0.897. The molecule has 1 atom stereocenters. The van der Waals surface area contributed by atoms with Crippen LogP contribution in [0, 0.1) is 5.92 Å². The van der Waals surface area contributed by atoms with E-state index in [-0.39, 0.29) is 0 Å². The zero-order valence-electron chi connectivity index (χ0n) is 13.4. The number of hydrogen-bond donors (Lipinski definition) is 1. The van der Waals surface area contributed by atoms with Crippen LogP contribution in [0.4, 0.5) is 5.69 Å². The van der Waals surface area contributed by atoms with Crippen molar-refractivity contribution in [1.82, 2.24) is 5.32 Å². The fourth-order valence-corrected chi connectivity index (χ4v) is 3.30. The largest absolute Gasteiger partial charge is 0.374 e. The average molecular weight is 274 g/mol. The Hall–Kier alpha value is -1.02. The van der Waals surface area contributed by atoms with Gasteiger partial charge in [-0.05, 0) is 49.9 Å². The van der Waals surface area contributed by atoms with Crippen molar-refractivity contribution in [3.05, 3.63) is 29.8 Å². The summed E-state index contributed by atoms with van der Waals surface area (Å²) < 4.78 is 0.